The van der Waals surface area contributed by atoms with E-state index in [1.807, 2.05) is 19.1 Å². The topological polar surface area (TPSA) is 135 Å². The average Bonchev–Trinajstić information content (AvgIpc) is 2.75. The molecule has 6 N–H and O–H groups in total. The Hall–Kier alpha value is -2.57. The van der Waals surface area contributed by atoms with Gasteiger partial charge in [-0.25, -0.2) is 9.97 Å². The minimum atomic E-state index is -0.363. The number of nitrogens with zero attached hydrogens (tertiary/aromatic N) is 3. The van der Waals surface area contributed by atoms with Crippen LogP contribution in [0, 0.1) is 13.8 Å². The molecule has 2 rings (SSSR count). The first-order valence-electron chi connectivity index (χ1n) is 10.4. The number of para-hydroxylation sites is 1. The van der Waals surface area contributed by atoms with Crippen LogP contribution in [0.5, 0.6) is 0 Å². The van der Waals surface area contributed by atoms with Crippen molar-refractivity contribution < 1.29 is 15.1 Å². The SMILES string of the molecule is Cc1nc(NCCN/C=C(\S)C(=O)Nc2c(C)cccc2Cl)cc(NCCN(O)CCO)n1. The fourth-order valence-corrected chi connectivity index (χ4v) is 3.17. The Kier molecular flexibility index (Phi) is 11.2. The molecule has 12 heteroatoms. The first-order valence-corrected chi connectivity index (χ1v) is 11.2. The van der Waals surface area contributed by atoms with E-state index in [0.29, 0.717) is 54.3 Å². The Morgan fingerprint density at radius 2 is 1.85 bits per heavy atom. The van der Waals surface area contributed by atoms with Crippen LogP contribution in [0.25, 0.3) is 0 Å². The quantitative estimate of drug-likeness (QED) is 0.0966. The lowest BCUT2D eigenvalue weighted by atomic mass is 10.2. The van der Waals surface area contributed by atoms with Crippen LogP contribution in [0.3, 0.4) is 0 Å². The van der Waals surface area contributed by atoms with Gasteiger partial charge in [-0.1, -0.05) is 23.7 Å². The van der Waals surface area contributed by atoms with E-state index in [1.165, 1.54) is 6.20 Å². The Labute approximate surface area is 203 Å². The number of halogens is 1. The highest BCUT2D eigenvalue weighted by Crippen LogP contribution is 2.25. The summed E-state index contributed by atoms with van der Waals surface area (Å²) in [6.45, 7) is 5.59. The summed E-state index contributed by atoms with van der Waals surface area (Å²) < 4.78 is 0. The third-order valence-electron chi connectivity index (χ3n) is 4.38. The standard InChI is InChI=1S/C21H30ClN7O3S/c1-14-4-3-5-16(22)20(14)28-21(31)17(33)13-23-6-7-24-18-12-19(27-15(2)26-18)25-8-9-29(32)10-11-30/h3-5,12-13,23,30,32-33H,6-11H2,1-2H3,(H,28,31)(H2,24,25,26,27)/b17-13-. The summed E-state index contributed by atoms with van der Waals surface area (Å²) in [7, 11) is 0. The van der Waals surface area contributed by atoms with Crippen molar-refractivity contribution >= 4 is 47.5 Å². The van der Waals surface area contributed by atoms with E-state index in [2.05, 4.69) is 43.9 Å². The van der Waals surface area contributed by atoms with Crippen molar-refractivity contribution in [2.24, 2.45) is 0 Å². The van der Waals surface area contributed by atoms with Crippen molar-refractivity contribution in [3.8, 4) is 0 Å². The van der Waals surface area contributed by atoms with Crippen molar-refractivity contribution in [1.29, 1.82) is 0 Å². The zero-order valence-electron chi connectivity index (χ0n) is 18.6. The molecular weight excluding hydrogens is 466 g/mol. The molecule has 0 aliphatic rings. The van der Waals surface area contributed by atoms with Gasteiger partial charge < -0.3 is 31.6 Å². The summed E-state index contributed by atoms with van der Waals surface area (Å²) >= 11 is 10.4. The van der Waals surface area contributed by atoms with Crippen LogP contribution in [0.4, 0.5) is 17.3 Å². The van der Waals surface area contributed by atoms with Gasteiger partial charge >= 0.3 is 0 Å². The molecule has 0 aliphatic heterocycles. The number of nitrogens with one attached hydrogen (secondary N) is 4. The number of aryl methyl sites for hydroxylation is 2. The molecule has 0 saturated heterocycles. The summed E-state index contributed by atoms with van der Waals surface area (Å²) in [5.41, 5.74) is 1.43. The highest BCUT2D eigenvalue weighted by molar-refractivity contribution is 7.85. The number of hydroxylamine groups is 2. The molecule has 2 aromatic rings. The number of carbonyl (C=O) groups excluding carboxylic acids is 1. The van der Waals surface area contributed by atoms with Gasteiger partial charge in [-0.15, -0.1) is 12.6 Å². The summed E-state index contributed by atoms with van der Waals surface area (Å²) in [5.74, 6) is 1.50. The summed E-state index contributed by atoms with van der Waals surface area (Å²) in [6, 6.07) is 7.16. The summed E-state index contributed by atoms with van der Waals surface area (Å²) in [4.78, 5) is 21.2. The van der Waals surface area contributed by atoms with E-state index in [9.17, 15) is 10.0 Å². The van der Waals surface area contributed by atoms with Gasteiger partial charge in [0, 0.05) is 45.0 Å². The lowest BCUT2D eigenvalue weighted by Crippen LogP contribution is -2.28. The Balaban J connectivity index is 1.77. The number of benzene rings is 1. The van der Waals surface area contributed by atoms with Gasteiger partial charge in [-0.05, 0) is 25.5 Å². The van der Waals surface area contributed by atoms with Gasteiger partial charge in [0.1, 0.15) is 17.5 Å². The zero-order valence-corrected chi connectivity index (χ0v) is 20.2. The number of rotatable bonds is 13. The second kappa shape index (κ2) is 13.9. The average molecular weight is 496 g/mol. The van der Waals surface area contributed by atoms with Crippen LogP contribution < -0.4 is 21.3 Å². The zero-order chi connectivity index (χ0) is 24.2. The minimum absolute atomic E-state index is 0.110. The van der Waals surface area contributed by atoms with Crippen molar-refractivity contribution in [1.82, 2.24) is 20.3 Å². The molecule has 0 bridgehead atoms. The Bertz CT molecular complexity index is 941. The second-order valence-electron chi connectivity index (χ2n) is 7.09. The predicted octanol–water partition coefficient (Wildman–Crippen LogP) is 2.25. The minimum Gasteiger partial charge on any atom is -0.395 e. The number of aliphatic hydroxyl groups excluding tert-OH is 1. The smallest absolute Gasteiger partial charge is 0.263 e. The number of thiol groups is 1. The molecule has 0 fully saturated rings. The van der Waals surface area contributed by atoms with Crippen molar-refractivity contribution in [3.05, 3.63) is 51.8 Å². The molecule has 10 nitrogen and oxygen atoms in total. The molecule has 1 aromatic heterocycles. The third kappa shape index (κ3) is 9.44. The van der Waals surface area contributed by atoms with Crippen molar-refractivity contribution in [2.45, 2.75) is 13.8 Å². The van der Waals surface area contributed by atoms with Crippen LogP contribution in [-0.2, 0) is 4.79 Å². The summed E-state index contributed by atoms with van der Waals surface area (Å²) in [5, 5.41) is 31.9. The molecule has 0 unspecified atom stereocenters. The lowest BCUT2D eigenvalue weighted by molar-refractivity contribution is -0.112. The van der Waals surface area contributed by atoms with Crippen LogP contribution in [0.2, 0.25) is 5.02 Å². The monoisotopic (exact) mass is 495 g/mol. The predicted molar refractivity (Wildman–Crippen MR) is 134 cm³/mol. The Morgan fingerprint density at radius 1 is 1.15 bits per heavy atom. The Morgan fingerprint density at radius 3 is 2.52 bits per heavy atom. The van der Waals surface area contributed by atoms with Crippen LogP contribution in [0.15, 0.2) is 35.4 Å². The number of aromatic nitrogens is 2. The maximum Gasteiger partial charge on any atom is 0.263 e. The molecule has 33 heavy (non-hydrogen) atoms. The number of anilines is 3. The van der Waals surface area contributed by atoms with E-state index in [-0.39, 0.29) is 24.0 Å². The number of aliphatic hydroxyl groups is 1. The number of hydrogen-bond donors (Lipinski definition) is 7. The molecule has 0 spiro atoms. The highest BCUT2D eigenvalue weighted by Gasteiger charge is 2.10. The van der Waals surface area contributed by atoms with Gasteiger partial charge in [0.25, 0.3) is 5.91 Å². The van der Waals surface area contributed by atoms with E-state index in [0.717, 1.165) is 10.6 Å². The van der Waals surface area contributed by atoms with Gasteiger partial charge in [-0.3, -0.25) is 4.79 Å². The molecule has 1 amide bonds. The third-order valence-corrected chi connectivity index (χ3v) is 5.03. The summed E-state index contributed by atoms with van der Waals surface area (Å²) in [6.07, 6.45) is 1.53. The van der Waals surface area contributed by atoms with Crippen LogP contribution in [-0.4, -0.2) is 70.6 Å². The van der Waals surface area contributed by atoms with Gasteiger partial charge in [0.05, 0.1) is 22.2 Å². The van der Waals surface area contributed by atoms with E-state index < -0.39 is 0 Å². The van der Waals surface area contributed by atoms with Crippen molar-refractivity contribution in [3.63, 3.8) is 0 Å². The molecule has 0 atom stereocenters. The normalized spacial score (nSPS) is 11.4. The van der Waals surface area contributed by atoms with E-state index in [1.54, 1.807) is 19.1 Å². The fourth-order valence-electron chi connectivity index (χ4n) is 2.75. The first-order chi connectivity index (χ1) is 15.8. The van der Waals surface area contributed by atoms with Crippen molar-refractivity contribution in [2.75, 3.05) is 55.3 Å². The molecule has 1 heterocycles. The molecule has 180 valence electrons. The van der Waals surface area contributed by atoms with Crippen LogP contribution in [0.1, 0.15) is 11.4 Å². The molecule has 0 radical (unpaired) electrons. The maximum atomic E-state index is 12.3. The number of amides is 1. The molecule has 0 aliphatic carbocycles. The molecular formula is C21H30ClN7O3S. The van der Waals surface area contributed by atoms with E-state index in [4.69, 9.17) is 16.7 Å². The molecule has 0 saturated carbocycles. The maximum absolute atomic E-state index is 12.3. The van der Waals surface area contributed by atoms with Gasteiger partial charge in [-0.2, -0.15) is 5.06 Å². The second-order valence-corrected chi connectivity index (χ2v) is 7.98. The van der Waals surface area contributed by atoms with Gasteiger partial charge in [0.2, 0.25) is 0 Å². The van der Waals surface area contributed by atoms with Gasteiger partial charge in [0.15, 0.2) is 0 Å². The number of hydrogen-bond acceptors (Lipinski definition) is 10. The highest BCUT2D eigenvalue weighted by atomic mass is 35.5. The number of carbonyl (C=O) groups is 1. The largest absolute Gasteiger partial charge is 0.395 e. The van der Waals surface area contributed by atoms with Crippen LogP contribution >= 0.6 is 24.2 Å². The first kappa shape index (κ1) is 26.7. The molecule has 1 aromatic carbocycles. The van der Waals surface area contributed by atoms with E-state index >= 15 is 0 Å². The fraction of sp³-hybridized carbons (Fsp3) is 0.381. The lowest BCUT2D eigenvalue weighted by Gasteiger charge is -2.14.